The van der Waals surface area contributed by atoms with Gasteiger partial charge in [-0.15, -0.1) is 5.10 Å². The Bertz CT molecular complexity index is 593. The van der Waals surface area contributed by atoms with E-state index in [1.54, 1.807) is 6.07 Å². The number of rotatable bonds is 2. The van der Waals surface area contributed by atoms with Crippen LogP contribution in [0.15, 0.2) is 18.2 Å². The van der Waals surface area contributed by atoms with Crippen molar-refractivity contribution in [1.29, 1.82) is 5.26 Å². The van der Waals surface area contributed by atoms with E-state index in [0.29, 0.717) is 12.1 Å². The highest BCUT2D eigenvalue weighted by Crippen LogP contribution is 2.18. The molecule has 1 aromatic heterocycles. The third-order valence-corrected chi connectivity index (χ3v) is 3.29. The molecule has 1 aliphatic heterocycles. The first-order valence-corrected chi connectivity index (χ1v) is 6.22. The van der Waals surface area contributed by atoms with Crippen molar-refractivity contribution in [1.82, 2.24) is 15.0 Å². The van der Waals surface area contributed by atoms with E-state index in [2.05, 4.69) is 16.4 Å². The third kappa shape index (κ3) is 2.07. The summed E-state index contributed by atoms with van der Waals surface area (Å²) in [6, 6.07) is 7.57. The van der Waals surface area contributed by atoms with Crippen LogP contribution in [0, 0.1) is 11.3 Å². The van der Waals surface area contributed by atoms with Crippen LogP contribution < -0.4 is 0 Å². The molecule has 1 aliphatic rings. The summed E-state index contributed by atoms with van der Waals surface area (Å²) in [5.74, 6) is 0. The minimum absolute atomic E-state index is 0.217. The number of hydrogen-bond donors (Lipinski definition) is 0. The van der Waals surface area contributed by atoms with Gasteiger partial charge in [0.05, 0.1) is 29.8 Å². The van der Waals surface area contributed by atoms with Crippen LogP contribution in [-0.4, -0.2) is 27.7 Å². The van der Waals surface area contributed by atoms with E-state index in [9.17, 15) is 0 Å². The van der Waals surface area contributed by atoms with Crippen molar-refractivity contribution in [2.24, 2.45) is 0 Å². The molecule has 1 atom stereocenters. The number of hydrogen-bond acceptors (Lipinski definition) is 4. The summed E-state index contributed by atoms with van der Waals surface area (Å²) in [6.45, 7) is 1.55. The quantitative estimate of drug-likeness (QED) is 0.806. The first-order chi connectivity index (χ1) is 8.86. The molecule has 0 spiro atoms. The molecule has 0 saturated carbocycles. The second-order valence-corrected chi connectivity index (χ2v) is 4.58. The van der Waals surface area contributed by atoms with Gasteiger partial charge in [0, 0.05) is 6.61 Å². The molecule has 0 amide bonds. The predicted molar refractivity (Wildman–Crippen MR) is 65.8 cm³/mol. The smallest absolute Gasteiger partial charge is 0.113 e. The largest absolute Gasteiger partial charge is 0.376 e. The van der Waals surface area contributed by atoms with Crippen molar-refractivity contribution < 1.29 is 4.74 Å². The zero-order valence-corrected chi connectivity index (χ0v) is 10.0. The van der Waals surface area contributed by atoms with E-state index in [1.807, 2.05) is 16.8 Å². The van der Waals surface area contributed by atoms with Crippen LogP contribution in [0.3, 0.4) is 0 Å². The molecule has 3 rings (SSSR count). The van der Waals surface area contributed by atoms with Gasteiger partial charge in [0.1, 0.15) is 5.52 Å². The van der Waals surface area contributed by atoms with Crippen molar-refractivity contribution in [3.63, 3.8) is 0 Å². The maximum absolute atomic E-state index is 8.92. The number of ether oxygens (including phenoxy) is 1. The topological polar surface area (TPSA) is 63.7 Å². The maximum Gasteiger partial charge on any atom is 0.113 e. The van der Waals surface area contributed by atoms with Crippen molar-refractivity contribution >= 4 is 11.0 Å². The van der Waals surface area contributed by atoms with Crippen LogP contribution in [-0.2, 0) is 11.3 Å². The number of nitrogens with zero attached hydrogens (tertiary/aromatic N) is 4. The lowest BCUT2D eigenvalue weighted by molar-refractivity contribution is 0.00443. The number of benzene rings is 1. The molecule has 5 nitrogen and oxygen atoms in total. The van der Waals surface area contributed by atoms with Crippen LogP contribution >= 0.6 is 0 Å². The first kappa shape index (κ1) is 11.2. The summed E-state index contributed by atoms with van der Waals surface area (Å²) in [7, 11) is 0. The Morgan fingerprint density at radius 3 is 3.17 bits per heavy atom. The zero-order chi connectivity index (χ0) is 12.4. The Kier molecular flexibility index (Phi) is 2.95. The fourth-order valence-corrected chi connectivity index (χ4v) is 2.31. The molecule has 0 bridgehead atoms. The van der Waals surface area contributed by atoms with Gasteiger partial charge < -0.3 is 4.74 Å². The molecule has 1 saturated heterocycles. The van der Waals surface area contributed by atoms with Gasteiger partial charge in [-0.2, -0.15) is 5.26 Å². The van der Waals surface area contributed by atoms with Crippen LogP contribution in [0.2, 0.25) is 0 Å². The molecule has 5 heteroatoms. The second-order valence-electron chi connectivity index (χ2n) is 4.58. The molecule has 1 unspecified atom stereocenters. The van der Waals surface area contributed by atoms with E-state index in [4.69, 9.17) is 10.00 Å². The lowest BCUT2D eigenvalue weighted by atomic mass is 10.1. The maximum atomic E-state index is 8.92. The van der Waals surface area contributed by atoms with Crippen molar-refractivity contribution in [3.8, 4) is 6.07 Å². The summed E-state index contributed by atoms with van der Waals surface area (Å²) in [6.07, 6.45) is 3.64. The zero-order valence-electron chi connectivity index (χ0n) is 10.0. The van der Waals surface area contributed by atoms with Crippen molar-refractivity contribution in [3.05, 3.63) is 23.8 Å². The van der Waals surface area contributed by atoms with Gasteiger partial charge in [0.25, 0.3) is 0 Å². The van der Waals surface area contributed by atoms with Crippen molar-refractivity contribution in [2.45, 2.75) is 31.9 Å². The van der Waals surface area contributed by atoms with Gasteiger partial charge in [0.2, 0.25) is 0 Å². The lowest BCUT2D eigenvalue weighted by Crippen LogP contribution is -2.24. The summed E-state index contributed by atoms with van der Waals surface area (Å²) >= 11 is 0. The van der Waals surface area contributed by atoms with E-state index < -0.39 is 0 Å². The summed E-state index contributed by atoms with van der Waals surface area (Å²) in [4.78, 5) is 0. The fraction of sp³-hybridized carbons (Fsp3) is 0.462. The first-order valence-electron chi connectivity index (χ1n) is 6.22. The summed E-state index contributed by atoms with van der Waals surface area (Å²) < 4.78 is 7.54. The molecule has 0 radical (unpaired) electrons. The van der Waals surface area contributed by atoms with Gasteiger partial charge in [-0.05, 0) is 37.5 Å². The van der Waals surface area contributed by atoms with Crippen LogP contribution in [0.25, 0.3) is 11.0 Å². The third-order valence-electron chi connectivity index (χ3n) is 3.29. The monoisotopic (exact) mass is 242 g/mol. The highest BCUT2D eigenvalue weighted by molar-refractivity contribution is 5.75. The summed E-state index contributed by atoms with van der Waals surface area (Å²) in [5.41, 5.74) is 2.36. The Balaban J connectivity index is 1.89. The normalized spacial score (nSPS) is 19.8. The molecule has 0 N–H and O–H groups in total. The van der Waals surface area contributed by atoms with Gasteiger partial charge in [-0.25, -0.2) is 4.68 Å². The molecule has 92 valence electrons. The Hall–Kier alpha value is -1.93. The van der Waals surface area contributed by atoms with E-state index in [1.165, 1.54) is 6.42 Å². The van der Waals surface area contributed by atoms with E-state index in [0.717, 1.165) is 30.5 Å². The van der Waals surface area contributed by atoms with Gasteiger partial charge in [0.15, 0.2) is 0 Å². The number of fused-ring (bicyclic) bond motifs is 1. The average molecular weight is 242 g/mol. The number of aromatic nitrogens is 3. The lowest BCUT2D eigenvalue weighted by Gasteiger charge is -2.22. The predicted octanol–water partition coefficient (Wildman–Crippen LogP) is 1.87. The number of nitriles is 1. The highest BCUT2D eigenvalue weighted by Gasteiger charge is 2.16. The SMILES string of the molecule is N#Cc1ccc2nnn(CC3CCCCO3)c2c1. The molecule has 2 heterocycles. The minimum atomic E-state index is 0.217. The van der Waals surface area contributed by atoms with Gasteiger partial charge in [-0.3, -0.25) is 0 Å². The van der Waals surface area contributed by atoms with Crippen LogP contribution in [0.1, 0.15) is 24.8 Å². The van der Waals surface area contributed by atoms with Crippen LogP contribution in [0.5, 0.6) is 0 Å². The molecule has 1 aromatic carbocycles. The van der Waals surface area contributed by atoms with Gasteiger partial charge >= 0.3 is 0 Å². The Morgan fingerprint density at radius 2 is 2.39 bits per heavy atom. The molecule has 1 fully saturated rings. The molecular weight excluding hydrogens is 228 g/mol. The minimum Gasteiger partial charge on any atom is -0.376 e. The average Bonchev–Trinajstić information content (AvgIpc) is 2.82. The van der Waals surface area contributed by atoms with Gasteiger partial charge in [-0.1, -0.05) is 5.21 Å². The summed E-state index contributed by atoms with van der Waals surface area (Å²) in [5, 5.41) is 17.2. The molecule has 18 heavy (non-hydrogen) atoms. The molecule has 2 aromatic rings. The fourth-order valence-electron chi connectivity index (χ4n) is 2.31. The Morgan fingerprint density at radius 1 is 1.44 bits per heavy atom. The van der Waals surface area contributed by atoms with Crippen LogP contribution in [0.4, 0.5) is 0 Å². The molecule has 0 aliphatic carbocycles. The van der Waals surface area contributed by atoms with E-state index >= 15 is 0 Å². The standard InChI is InChI=1S/C13H14N4O/c14-8-10-4-5-12-13(7-10)17(16-15-12)9-11-3-1-2-6-18-11/h4-5,7,11H,1-3,6,9H2. The molecular formula is C13H14N4O. The second kappa shape index (κ2) is 4.75. The van der Waals surface area contributed by atoms with E-state index in [-0.39, 0.29) is 6.10 Å². The Labute approximate surface area is 105 Å². The van der Waals surface area contributed by atoms with Crippen molar-refractivity contribution in [2.75, 3.05) is 6.61 Å². The highest BCUT2D eigenvalue weighted by atomic mass is 16.5.